The maximum atomic E-state index is 10.8. The molecule has 102 valence electrons. The molecule has 0 saturated heterocycles. The average molecular weight is 307 g/mol. The van der Waals surface area contributed by atoms with Gasteiger partial charge in [-0.3, -0.25) is 4.98 Å². The van der Waals surface area contributed by atoms with Crippen molar-refractivity contribution in [2.75, 3.05) is 0 Å². The molecular formula is C15H14KN3O2. The summed E-state index contributed by atoms with van der Waals surface area (Å²) in [7, 11) is 0. The minimum atomic E-state index is -0.910. The molecule has 3 rings (SSSR count). The summed E-state index contributed by atoms with van der Waals surface area (Å²) in [6, 6.07) is 8.83. The van der Waals surface area contributed by atoms with Crippen molar-refractivity contribution in [2.45, 2.75) is 13.5 Å². The monoisotopic (exact) mass is 307 g/mol. The molecule has 2 aromatic heterocycles. The van der Waals surface area contributed by atoms with Crippen LogP contribution in [0.4, 0.5) is 0 Å². The van der Waals surface area contributed by atoms with Gasteiger partial charge in [0.25, 0.3) is 0 Å². The Morgan fingerprint density at radius 1 is 1.29 bits per heavy atom. The number of aryl methyl sites for hydroxylation is 1. The summed E-state index contributed by atoms with van der Waals surface area (Å²) in [5.74, 6) is 0.00203. The van der Waals surface area contributed by atoms with E-state index in [2.05, 4.69) is 14.5 Å². The van der Waals surface area contributed by atoms with Crippen LogP contribution in [0.3, 0.4) is 0 Å². The van der Waals surface area contributed by atoms with Gasteiger partial charge in [0.05, 0.1) is 17.3 Å². The molecule has 3 aromatic rings. The number of fused-ring (bicyclic) bond motifs is 1. The van der Waals surface area contributed by atoms with Crippen LogP contribution in [-0.2, 0) is 6.54 Å². The molecule has 0 aliphatic carbocycles. The fourth-order valence-corrected chi connectivity index (χ4v) is 2.24. The van der Waals surface area contributed by atoms with E-state index in [4.69, 9.17) is 5.11 Å². The molecule has 6 heteroatoms. The molecule has 0 bridgehead atoms. The van der Waals surface area contributed by atoms with E-state index in [9.17, 15) is 4.79 Å². The van der Waals surface area contributed by atoms with Crippen molar-refractivity contribution >= 4 is 17.0 Å². The van der Waals surface area contributed by atoms with Crippen molar-refractivity contribution in [3.8, 4) is 0 Å². The minimum absolute atomic E-state index is 0. The van der Waals surface area contributed by atoms with Gasteiger partial charge in [-0.2, -0.15) is 0 Å². The fourth-order valence-electron chi connectivity index (χ4n) is 2.24. The molecule has 0 aliphatic heterocycles. The first-order chi connectivity index (χ1) is 9.65. The molecule has 1 aromatic carbocycles. The molecular weight excluding hydrogens is 293 g/mol. The number of hydrogen-bond donors (Lipinski definition) is 1. The molecule has 0 atom stereocenters. The van der Waals surface area contributed by atoms with Crippen LogP contribution in [0.15, 0.2) is 42.7 Å². The van der Waals surface area contributed by atoms with E-state index >= 15 is 0 Å². The summed E-state index contributed by atoms with van der Waals surface area (Å²) in [5, 5.41) is 8.90. The van der Waals surface area contributed by atoms with Gasteiger partial charge >= 0.3 is 57.4 Å². The third kappa shape index (κ3) is 3.41. The van der Waals surface area contributed by atoms with Crippen LogP contribution in [-0.4, -0.2) is 25.6 Å². The summed E-state index contributed by atoms with van der Waals surface area (Å²) in [5.41, 5.74) is 3.23. The van der Waals surface area contributed by atoms with Gasteiger partial charge in [0.15, 0.2) is 0 Å². The van der Waals surface area contributed by atoms with E-state index in [1.54, 1.807) is 24.5 Å². The van der Waals surface area contributed by atoms with Gasteiger partial charge in [-0.15, -0.1) is 0 Å². The molecule has 1 N–H and O–H groups in total. The number of aromatic carboxylic acids is 1. The number of rotatable bonds is 3. The molecule has 0 unspecified atom stereocenters. The van der Waals surface area contributed by atoms with E-state index in [0.717, 1.165) is 22.4 Å². The quantitative estimate of drug-likeness (QED) is 0.669. The van der Waals surface area contributed by atoms with Crippen molar-refractivity contribution in [3.05, 3.63) is 59.7 Å². The number of hydrogen-bond acceptors (Lipinski definition) is 3. The summed E-state index contributed by atoms with van der Waals surface area (Å²) >= 11 is 0. The number of aromatic nitrogens is 3. The van der Waals surface area contributed by atoms with Crippen LogP contribution in [0.1, 0.15) is 23.2 Å². The summed E-state index contributed by atoms with van der Waals surface area (Å²) in [6.45, 7) is 2.61. The summed E-state index contributed by atoms with van der Waals surface area (Å²) in [6.07, 6.45) is 3.49. The summed E-state index contributed by atoms with van der Waals surface area (Å²) < 4.78 is 2.09. The zero-order chi connectivity index (χ0) is 14.1. The van der Waals surface area contributed by atoms with E-state index in [0.29, 0.717) is 12.1 Å². The molecule has 5 nitrogen and oxygen atoms in total. The predicted molar refractivity (Wildman–Crippen MR) is 75.9 cm³/mol. The van der Waals surface area contributed by atoms with Crippen LogP contribution < -0.4 is 51.4 Å². The van der Waals surface area contributed by atoms with Gasteiger partial charge in [-0.05, 0) is 30.7 Å². The number of imidazole rings is 1. The molecule has 21 heavy (non-hydrogen) atoms. The molecule has 0 radical (unpaired) electrons. The SMILES string of the molecule is Cc1nc2cnccc2n1Cc1ccc(C(=O)O)cc1.[H-].[K+]. The van der Waals surface area contributed by atoms with Gasteiger partial charge in [0.2, 0.25) is 0 Å². The second-order valence-electron chi connectivity index (χ2n) is 4.61. The number of pyridine rings is 1. The molecule has 0 saturated carbocycles. The van der Waals surface area contributed by atoms with Crippen LogP contribution in [0.25, 0.3) is 11.0 Å². The fraction of sp³-hybridized carbons (Fsp3) is 0.133. The predicted octanol–water partition coefficient (Wildman–Crippen LogP) is -0.397. The van der Waals surface area contributed by atoms with E-state index in [-0.39, 0.29) is 52.8 Å². The number of carboxylic acids is 1. The van der Waals surface area contributed by atoms with E-state index in [1.807, 2.05) is 25.1 Å². The first kappa shape index (κ1) is 16.3. The number of benzene rings is 1. The Bertz CT molecular complexity index is 787. The average Bonchev–Trinajstić information content (AvgIpc) is 2.76. The second kappa shape index (κ2) is 6.80. The smallest absolute Gasteiger partial charge is 1.00 e. The van der Waals surface area contributed by atoms with Gasteiger partial charge in [-0.1, -0.05) is 12.1 Å². The Labute approximate surface area is 165 Å². The molecule has 2 heterocycles. The van der Waals surface area contributed by atoms with E-state index < -0.39 is 5.97 Å². The van der Waals surface area contributed by atoms with Gasteiger partial charge < -0.3 is 11.1 Å². The van der Waals surface area contributed by atoms with E-state index in [1.165, 1.54) is 0 Å². The van der Waals surface area contributed by atoms with Crippen molar-refractivity contribution in [2.24, 2.45) is 0 Å². The largest absolute Gasteiger partial charge is 1.00 e. The first-order valence-electron chi connectivity index (χ1n) is 6.24. The Morgan fingerprint density at radius 2 is 2.00 bits per heavy atom. The zero-order valence-electron chi connectivity index (χ0n) is 12.9. The standard InChI is InChI=1S/C15H13N3O2.K.H/c1-10-17-13-8-16-7-6-14(13)18(10)9-11-2-4-12(5-3-11)15(19)20;;/h2-8H,9H2,1H3,(H,19,20);;/q;+1;-1. The second-order valence-corrected chi connectivity index (χ2v) is 4.61. The van der Waals surface area contributed by atoms with Crippen LogP contribution >= 0.6 is 0 Å². The van der Waals surface area contributed by atoms with Crippen molar-refractivity contribution in [3.63, 3.8) is 0 Å². The Balaban J connectivity index is 0.00000121. The van der Waals surface area contributed by atoms with Gasteiger partial charge in [0.1, 0.15) is 11.3 Å². The maximum Gasteiger partial charge on any atom is 1.00 e. The molecule has 0 spiro atoms. The van der Waals surface area contributed by atoms with Crippen molar-refractivity contribution in [1.82, 2.24) is 14.5 Å². The normalized spacial score (nSPS) is 10.3. The minimum Gasteiger partial charge on any atom is -1.00 e. The third-order valence-electron chi connectivity index (χ3n) is 3.28. The topological polar surface area (TPSA) is 68.0 Å². The number of carboxylic acid groups (broad SMARTS) is 1. The third-order valence-corrected chi connectivity index (χ3v) is 3.28. The van der Waals surface area contributed by atoms with Gasteiger partial charge in [0, 0.05) is 12.7 Å². The van der Waals surface area contributed by atoms with Crippen molar-refractivity contribution < 1.29 is 62.7 Å². The Morgan fingerprint density at radius 3 is 2.67 bits per heavy atom. The molecule has 0 amide bonds. The number of nitrogens with zero attached hydrogens (tertiary/aromatic N) is 3. The zero-order valence-corrected chi connectivity index (χ0v) is 15.1. The van der Waals surface area contributed by atoms with Crippen LogP contribution in [0.5, 0.6) is 0 Å². The van der Waals surface area contributed by atoms with Crippen LogP contribution in [0.2, 0.25) is 0 Å². The Hall–Kier alpha value is -1.05. The maximum absolute atomic E-state index is 10.8. The first-order valence-corrected chi connectivity index (χ1v) is 6.24. The van der Waals surface area contributed by atoms with Crippen molar-refractivity contribution in [1.29, 1.82) is 0 Å². The number of carbonyl (C=O) groups is 1. The summed E-state index contributed by atoms with van der Waals surface area (Å²) in [4.78, 5) is 19.4. The van der Waals surface area contributed by atoms with Gasteiger partial charge in [-0.25, -0.2) is 9.78 Å². The Kier molecular flexibility index (Phi) is 5.29. The molecule has 0 fully saturated rings. The van der Waals surface area contributed by atoms with Crippen LogP contribution in [0, 0.1) is 6.92 Å². The molecule has 0 aliphatic rings.